The number of hydrogen-bond acceptors (Lipinski definition) is 9. The summed E-state index contributed by atoms with van der Waals surface area (Å²) in [6.07, 6.45) is 2.37. The number of rotatable bonds is 9. The maximum Gasteiger partial charge on any atom is 0.224 e. The van der Waals surface area contributed by atoms with Crippen molar-refractivity contribution in [3.8, 4) is 0 Å². The van der Waals surface area contributed by atoms with Crippen molar-refractivity contribution in [1.29, 1.82) is 0 Å². The first-order valence-corrected chi connectivity index (χ1v) is 11.2. The molecule has 0 bridgehead atoms. The van der Waals surface area contributed by atoms with Gasteiger partial charge < -0.3 is 51.9 Å². The molecule has 1 heterocycles. The molecule has 12 nitrogen and oxygen atoms in total. The predicted molar refractivity (Wildman–Crippen MR) is 142 cm³/mol. The molecule has 0 aromatic heterocycles. The Kier molecular flexibility index (Phi) is 18.5. The molecule has 35 heavy (non-hydrogen) atoms. The zero-order valence-corrected chi connectivity index (χ0v) is 22.5. The van der Waals surface area contributed by atoms with Crippen molar-refractivity contribution in [2.45, 2.75) is 45.9 Å². The molecule has 206 valence electrons. The van der Waals surface area contributed by atoms with Gasteiger partial charge in [0.1, 0.15) is 17.6 Å². The number of allylic oxidation sites excluding steroid dienone is 1. The second-order valence-corrected chi connectivity index (χ2v) is 8.67. The van der Waals surface area contributed by atoms with Gasteiger partial charge in [-0.3, -0.25) is 4.90 Å². The van der Waals surface area contributed by atoms with E-state index < -0.39 is 6.10 Å². The Bertz CT molecular complexity index is 807. The van der Waals surface area contributed by atoms with Gasteiger partial charge in [0, 0.05) is 38.0 Å². The summed E-state index contributed by atoms with van der Waals surface area (Å²) in [4.78, 5) is 6.47. The second-order valence-electron chi connectivity index (χ2n) is 7.71. The molecule has 0 amide bonds. The van der Waals surface area contributed by atoms with Crippen LogP contribution in [-0.4, -0.2) is 93.1 Å². The van der Waals surface area contributed by atoms with E-state index in [1.165, 1.54) is 38.1 Å². The molecule has 1 aliphatic heterocycles. The minimum absolute atomic E-state index is 0. The average Bonchev–Trinajstić information content (AvgIpc) is 3.18. The smallest absolute Gasteiger partial charge is 0.224 e. The highest BCUT2D eigenvalue weighted by Crippen LogP contribution is 2.27. The number of amidine groups is 1. The van der Waals surface area contributed by atoms with Gasteiger partial charge in [0.05, 0.1) is 18.4 Å². The molecule has 1 unspecified atom stereocenters. The molecule has 2 aliphatic rings. The lowest BCUT2D eigenvalue weighted by Crippen LogP contribution is -2.41. The number of nitrogens with one attached hydrogen (secondary N) is 2. The van der Waals surface area contributed by atoms with Crippen molar-refractivity contribution in [3.05, 3.63) is 46.7 Å². The second kappa shape index (κ2) is 17.3. The molecule has 0 spiro atoms. The topological polar surface area (TPSA) is 213 Å². The summed E-state index contributed by atoms with van der Waals surface area (Å²) < 4.78 is 10.4. The number of aliphatic hydroxyl groups is 3. The van der Waals surface area contributed by atoms with Crippen LogP contribution in [-0.2, 0) is 9.47 Å². The summed E-state index contributed by atoms with van der Waals surface area (Å²) in [6.45, 7) is 10.0. The molecule has 0 aromatic rings. The third kappa shape index (κ3) is 10.2. The molecular weight excluding hydrogens is 504 g/mol. The van der Waals surface area contributed by atoms with Crippen molar-refractivity contribution < 1.29 is 41.2 Å². The molecule has 2 rings (SSSR count). The first-order chi connectivity index (χ1) is 14.7. The van der Waals surface area contributed by atoms with Crippen LogP contribution in [0.4, 0.5) is 0 Å². The van der Waals surface area contributed by atoms with E-state index in [0.717, 1.165) is 6.54 Å². The fraction of sp³-hybridized carbons (Fsp3) is 0.571. The largest absolute Gasteiger partial charge is 0.507 e. The van der Waals surface area contributed by atoms with Crippen LogP contribution in [0.15, 0.2) is 51.7 Å². The minimum Gasteiger partial charge on any atom is -0.507 e. The molecule has 14 heteroatoms. The van der Waals surface area contributed by atoms with Gasteiger partial charge in [0.25, 0.3) is 0 Å². The van der Waals surface area contributed by atoms with E-state index >= 15 is 0 Å². The number of aliphatic imine (C=N–C) groups is 1. The van der Waals surface area contributed by atoms with E-state index in [9.17, 15) is 15.3 Å². The van der Waals surface area contributed by atoms with Gasteiger partial charge in [0.15, 0.2) is 5.17 Å². The minimum atomic E-state index is -0.534. The van der Waals surface area contributed by atoms with Crippen molar-refractivity contribution in [2.75, 3.05) is 33.1 Å². The lowest BCUT2D eigenvalue weighted by atomic mass is 10.0. The Morgan fingerprint density at radius 1 is 1.20 bits per heavy atom. The van der Waals surface area contributed by atoms with Gasteiger partial charge in [-0.2, -0.15) is 4.99 Å². The van der Waals surface area contributed by atoms with Crippen molar-refractivity contribution in [1.82, 2.24) is 15.5 Å². The maximum atomic E-state index is 10.4. The van der Waals surface area contributed by atoms with Crippen LogP contribution in [0.3, 0.4) is 0 Å². The molecule has 1 fully saturated rings. The summed E-state index contributed by atoms with van der Waals surface area (Å²) in [5, 5.41) is 37.4. The zero-order chi connectivity index (χ0) is 23.1. The molecule has 1 atom stereocenters. The van der Waals surface area contributed by atoms with Crippen molar-refractivity contribution >= 4 is 29.3 Å². The number of aliphatic hydroxyl groups excluding tert-OH is 3. The monoisotopic (exact) mass is 544 g/mol. The van der Waals surface area contributed by atoms with Gasteiger partial charge in [0.2, 0.25) is 11.8 Å². The zero-order valence-electron chi connectivity index (χ0n) is 20.9. The van der Waals surface area contributed by atoms with E-state index in [2.05, 4.69) is 48.2 Å². The summed E-state index contributed by atoms with van der Waals surface area (Å²) in [5.41, 5.74) is 0.709. The number of halogens is 1. The Hall–Kier alpha value is -2.13. The van der Waals surface area contributed by atoms with Crippen LogP contribution in [0, 0.1) is 0 Å². The highest BCUT2D eigenvalue weighted by molar-refractivity contribution is 8.14. The van der Waals surface area contributed by atoms with E-state index in [0.29, 0.717) is 41.0 Å². The van der Waals surface area contributed by atoms with Crippen molar-refractivity contribution in [2.24, 2.45) is 4.99 Å². The van der Waals surface area contributed by atoms with Crippen LogP contribution in [0.25, 0.3) is 0 Å². The highest BCUT2D eigenvalue weighted by Gasteiger charge is 2.24. The summed E-state index contributed by atoms with van der Waals surface area (Å²) in [6, 6.07) is 0.840. The van der Waals surface area contributed by atoms with Gasteiger partial charge in [-0.05, 0) is 39.8 Å². The molecule has 1 saturated heterocycles. The predicted octanol–water partition coefficient (Wildman–Crippen LogP) is 0.832. The van der Waals surface area contributed by atoms with E-state index in [-0.39, 0.29) is 51.9 Å². The molecule has 0 aromatic carbocycles. The van der Waals surface area contributed by atoms with Crippen LogP contribution >= 0.6 is 24.2 Å². The van der Waals surface area contributed by atoms with Gasteiger partial charge in [-0.15, -0.1) is 12.4 Å². The lowest BCUT2D eigenvalue weighted by Gasteiger charge is -2.30. The quantitative estimate of drug-likeness (QED) is 0.259. The molecular formula is C21H41ClN4O8S. The number of methoxy groups -OCH3 is 2. The van der Waals surface area contributed by atoms with Crippen LogP contribution in [0.2, 0.25) is 0 Å². The first-order valence-electron chi connectivity index (χ1n) is 10.2. The fourth-order valence-corrected chi connectivity index (χ4v) is 4.20. The third-order valence-corrected chi connectivity index (χ3v) is 5.88. The van der Waals surface area contributed by atoms with E-state index in [1.807, 2.05) is 0 Å². The first kappa shape index (κ1) is 37.4. The van der Waals surface area contributed by atoms with E-state index in [4.69, 9.17) is 9.47 Å². The summed E-state index contributed by atoms with van der Waals surface area (Å²) >= 11 is 1.33. The number of thioether (sulfide) groups is 1. The van der Waals surface area contributed by atoms with Gasteiger partial charge in [-0.1, -0.05) is 11.8 Å². The van der Waals surface area contributed by atoms with Crippen molar-refractivity contribution in [3.63, 3.8) is 0 Å². The average molecular weight is 545 g/mol. The Morgan fingerprint density at radius 3 is 2.31 bits per heavy atom. The van der Waals surface area contributed by atoms with Gasteiger partial charge in [-0.25, -0.2) is 0 Å². The number of ether oxygens (including phenoxy) is 2. The Morgan fingerprint density at radius 2 is 1.80 bits per heavy atom. The summed E-state index contributed by atoms with van der Waals surface area (Å²) in [5.74, 6) is 0.449. The van der Waals surface area contributed by atoms with E-state index in [1.54, 1.807) is 0 Å². The summed E-state index contributed by atoms with van der Waals surface area (Å²) in [7, 11) is 2.98. The Balaban J connectivity index is -0.00000256. The van der Waals surface area contributed by atoms with Crippen LogP contribution < -0.4 is 10.6 Å². The van der Waals surface area contributed by atoms with Crippen LogP contribution in [0.5, 0.6) is 0 Å². The number of nitrogens with zero attached hydrogens (tertiary/aromatic N) is 2. The molecule has 0 saturated carbocycles. The fourth-order valence-electron chi connectivity index (χ4n) is 3.36. The highest BCUT2D eigenvalue weighted by atomic mass is 35.5. The maximum absolute atomic E-state index is 10.4. The molecule has 1 aliphatic carbocycles. The number of hydrogen-bond donors (Lipinski definition) is 5. The SMILES string of the molecule is COC1=C/C(=C(O)/N=C2\N/C(=C(\O)NCCN(C(C)C)C(C)C)CS2)C(O)=CC1OC.Cl.O.O.O. The molecule has 0 radical (unpaired) electrons. The Labute approximate surface area is 216 Å². The standard InChI is InChI=1S/C21H34N4O5S.ClH.3H2O/c1-12(2)25(13(3)4)8-7-22-20(28)15-11-31-21(23-15)24-19(27)14-9-17(29-5)18(30-6)10-16(14)26;;;;/h9-10,12-13,18,22,26-28H,7-8,11H2,1-6H3,(H,23,24);1H;3*1H2/b19-14+,20-15-;;;;. The van der Waals surface area contributed by atoms with Gasteiger partial charge >= 0.3 is 0 Å². The molecule has 11 N–H and O–H groups in total. The lowest BCUT2D eigenvalue weighted by molar-refractivity contribution is 0.106. The normalized spacial score (nSPS) is 21.1. The van der Waals surface area contributed by atoms with Crippen LogP contribution in [0.1, 0.15) is 27.7 Å². The third-order valence-electron chi connectivity index (χ3n) is 4.98.